The van der Waals surface area contributed by atoms with Crippen LogP contribution in [-0.4, -0.2) is 9.55 Å². The lowest BCUT2D eigenvalue weighted by molar-refractivity contribution is 0.623. The van der Waals surface area contributed by atoms with Crippen molar-refractivity contribution >= 4 is 60.7 Å². The van der Waals surface area contributed by atoms with Gasteiger partial charge in [-0.15, -0.1) is 0 Å². The van der Waals surface area contributed by atoms with Crippen molar-refractivity contribution in [2.45, 2.75) is 0 Å². The van der Waals surface area contributed by atoms with Gasteiger partial charge in [-0.2, -0.15) is 0 Å². The average Bonchev–Trinajstić information content (AvgIpc) is 3.79. The number of oxazole rings is 1. The fourth-order valence-corrected chi connectivity index (χ4v) is 7.44. The Hall–Kier alpha value is -6.91. The lowest BCUT2D eigenvalue weighted by Crippen LogP contribution is -2.10. The lowest BCUT2D eigenvalue weighted by atomic mass is 10.0. The Bertz CT molecular complexity index is 2840. The van der Waals surface area contributed by atoms with Crippen LogP contribution < -0.4 is 4.90 Å². The molecule has 0 radical (unpaired) electrons. The van der Waals surface area contributed by atoms with Gasteiger partial charge in [0.25, 0.3) is 0 Å². The molecule has 4 heteroatoms. The van der Waals surface area contributed by atoms with Gasteiger partial charge >= 0.3 is 0 Å². The first-order chi connectivity index (χ1) is 25.3. The van der Waals surface area contributed by atoms with Crippen LogP contribution in [0, 0.1) is 0 Å². The van der Waals surface area contributed by atoms with Crippen molar-refractivity contribution < 1.29 is 4.42 Å². The van der Waals surface area contributed by atoms with Crippen LogP contribution in [0.3, 0.4) is 0 Å². The number of aromatic nitrogens is 2. The van der Waals surface area contributed by atoms with E-state index in [1.165, 1.54) is 27.4 Å². The van der Waals surface area contributed by atoms with Crippen LogP contribution in [0.5, 0.6) is 0 Å². The summed E-state index contributed by atoms with van der Waals surface area (Å²) in [7, 11) is 0. The van der Waals surface area contributed by atoms with Gasteiger partial charge in [-0.05, 0) is 89.3 Å². The van der Waals surface area contributed by atoms with Crippen LogP contribution in [0.1, 0.15) is 0 Å². The molecular weight excluding hydrogens is 623 g/mol. The molecule has 0 N–H and O–H groups in total. The van der Waals surface area contributed by atoms with Crippen molar-refractivity contribution in [1.82, 2.24) is 9.55 Å². The van der Waals surface area contributed by atoms with E-state index in [9.17, 15) is 0 Å². The molecule has 10 aromatic rings. The van der Waals surface area contributed by atoms with Crippen LogP contribution in [0.25, 0.3) is 71.9 Å². The lowest BCUT2D eigenvalue weighted by Gasteiger charge is -2.27. The van der Waals surface area contributed by atoms with Crippen molar-refractivity contribution in [1.29, 1.82) is 0 Å². The quantitative estimate of drug-likeness (QED) is 0.179. The van der Waals surface area contributed by atoms with Crippen LogP contribution in [-0.2, 0) is 0 Å². The predicted molar refractivity (Wildman–Crippen MR) is 211 cm³/mol. The minimum Gasteiger partial charge on any atom is -0.435 e. The summed E-state index contributed by atoms with van der Waals surface area (Å²) in [4.78, 5) is 7.30. The smallest absolute Gasteiger partial charge is 0.227 e. The summed E-state index contributed by atoms with van der Waals surface area (Å²) in [5.74, 6) is 0.613. The Morgan fingerprint density at radius 2 is 1.12 bits per heavy atom. The van der Waals surface area contributed by atoms with Gasteiger partial charge in [0.2, 0.25) is 5.89 Å². The van der Waals surface area contributed by atoms with Gasteiger partial charge in [0.05, 0.1) is 22.1 Å². The third kappa shape index (κ3) is 4.88. The minimum atomic E-state index is 0.613. The van der Waals surface area contributed by atoms with Crippen molar-refractivity contribution in [2.24, 2.45) is 0 Å². The van der Waals surface area contributed by atoms with Gasteiger partial charge in [-0.1, -0.05) is 115 Å². The predicted octanol–water partition coefficient (Wildman–Crippen LogP) is 12.9. The summed E-state index contributed by atoms with van der Waals surface area (Å²) in [5, 5.41) is 4.50. The maximum Gasteiger partial charge on any atom is 0.227 e. The van der Waals surface area contributed by atoms with Crippen molar-refractivity contribution in [3.8, 4) is 28.3 Å². The standard InChI is InChI=1S/C47H31N3O/c1-4-13-32(14-5-1)33-23-26-37(27-24-33)49(38-28-30-43-40(31-38)39-20-10-11-21-42(39)50(43)36-18-8-3-9-19-36)44-22-12-17-34-25-29-41-46(45(34)44)51-47(48-41)35-15-6-2-7-16-35/h1-31H. The zero-order chi connectivity index (χ0) is 33.7. The highest BCUT2D eigenvalue weighted by molar-refractivity contribution is 6.14. The Labute approximate surface area is 295 Å². The highest BCUT2D eigenvalue weighted by Gasteiger charge is 2.22. The molecule has 0 aliphatic rings. The third-order valence-corrected chi connectivity index (χ3v) is 9.80. The fourth-order valence-electron chi connectivity index (χ4n) is 7.44. The van der Waals surface area contributed by atoms with E-state index < -0.39 is 0 Å². The van der Waals surface area contributed by atoms with Crippen molar-refractivity contribution in [3.63, 3.8) is 0 Å². The molecule has 0 aliphatic heterocycles. The molecule has 240 valence electrons. The molecule has 0 bridgehead atoms. The zero-order valence-corrected chi connectivity index (χ0v) is 27.6. The average molecular weight is 654 g/mol. The summed E-state index contributed by atoms with van der Waals surface area (Å²) in [6.07, 6.45) is 0. The molecule has 0 atom stereocenters. The first kappa shape index (κ1) is 29.0. The first-order valence-corrected chi connectivity index (χ1v) is 17.2. The monoisotopic (exact) mass is 653 g/mol. The van der Waals surface area contributed by atoms with Gasteiger partial charge < -0.3 is 13.9 Å². The molecule has 10 rings (SSSR count). The molecule has 8 aromatic carbocycles. The normalized spacial score (nSPS) is 11.5. The number of nitrogens with zero attached hydrogens (tertiary/aromatic N) is 3. The van der Waals surface area contributed by atoms with E-state index >= 15 is 0 Å². The van der Waals surface area contributed by atoms with Gasteiger partial charge in [0, 0.05) is 33.4 Å². The van der Waals surface area contributed by atoms with Gasteiger partial charge in [-0.25, -0.2) is 4.98 Å². The van der Waals surface area contributed by atoms with E-state index in [1.54, 1.807) is 0 Å². The van der Waals surface area contributed by atoms with Crippen LogP contribution in [0.15, 0.2) is 192 Å². The molecule has 2 aromatic heterocycles. The summed E-state index contributed by atoms with van der Waals surface area (Å²) in [6.45, 7) is 0. The van der Waals surface area contributed by atoms with Crippen LogP contribution >= 0.6 is 0 Å². The molecule has 0 unspecified atom stereocenters. The summed E-state index contributed by atoms with van der Waals surface area (Å²) in [5.41, 5.74) is 11.5. The Balaban J connectivity index is 1.23. The number of anilines is 3. The van der Waals surface area contributed by atoms with Gasteiger partial charge in [0.15, 0.2) is 5.58 Å². The second kappa shape index (κ2) is 11.9. The third-order valence-electron chi connectivity index (χ3n) is 9.80. The van der Waals surface area contributed by atoms with E-state index in [4.69, 9.17) is 9.40 Å². The number of para-hydroxylation sites is 2. The topological polar surface area (TPSA) is 34.2 Å². The van der Waals surface area contributed by atoms with Crippen molar-refractivity contribution in [3.05, 3.63) is 188 Å². The van der Waals surface area contributed by atoms with E-state index in [0.29, 0.717) is 5.89 Å². The minimum absolute atomic E-state index is 0.613. The molecule has 2 heterocycles. The molecule has 0 saturated heterocycles. The highest BCUT2D eigenvalue weighted by atomic mass is 16.3. The molecule has 4 nitrogen and oxygen atoms in total. The highest BCUT2D eigenvalue weighted by Crippen LogP contribution is 2.44. The number of rotatable bonds is 6. The van der Waals surface area contributed by atoms with E-state index in [0.717, 1.165) is 55.7 Å². The van der Waals surface area contributed by atoms with E-state index in [-0.39, 0.29) is 0 Å². The molecule has 0 fully saturated rings. The van der Waals surface area contributed by atoms with E-state index in [2.05, 4.69) is 167 Å². The molecule has 0 saturated carbocycles. The van der Waals surface area contributed by atoms with Crippen LogP contribution in [0.2, 0.25) is 0 Å². The molecule has 0 amide bonds. The van der Waals surface area contributed by atoms with Gasteiger partial charge in [0.1, 0.15) is 5.52 Å². The van der Waals surface area contributed by atoms with Gasteiger partial charge in [-0.3, -0.25) is 0 Å². The Kier molecular flexibility index (Phi) is 6.78. The maximum absolute atomic E-state index is 6.65. The molecular formula is C47H31N3O. The first-order valence-electron chi connectivity index (χ1n) is 17.2. The molecule has 51 heavy (non-hydrogen) atoms. The largest absolute Gasteiger partial charge is 0.435 e. The SMILES string of the molecule is c1ccc(-c2ccc(N(c3ccc4c(c3)c3ccccc3n4-c3ccccc3)c3cccc4ccc5nc(-c6ccccc6)oc5c34)cc2)cc1. The summed E-state index contributed by atoms with van der Waals surface area (Å²) >= 11 is 0. The summed E-state index contributed by atoms with van der Waals surface area (Å²) in [6, 6.07) is 66.2. The Morgan fingerprint density at radius 3 is 1.90 bits per heavy atom. The molecule has 0 aliphatic carbocycles. The summed E-state index contributed by atoms with van der Waals surface area (Å²) < 4.78 is 9.00. The number of benzene rings is 8. The number of fused-ring (bicyclic) bond motifs is 6. The fraction of sp³-hybridized carbons (Fsp3) is 0. The zero-order valence-electron chi connectivity index (χ0n) is 27.6. The van der Waals surface area contributed by atoms with Crippen LogP contribution in [0.4, 0.5) is 17.1 Å². The second-order valence-electron chi connectivity index (χ2n) is 12.8. The van der Waals surface area contributed by atoms with Crippen molar-refractivity contribution in [2.75, 3.05) is 4.90 Å². The molecule has 0 spiro atoms. The number of hydrogen-bond acceptors (Lipinski definition) is 3. The Morgan fingerprint density at radius 1 is 0.471 bits per heavy atom. The maximum atomic E-state index is 6.65. The second-order valence-corrected chi connectivity index (χ2v) is 12.8. The number of hydrogen-bond donors (Lipinski definition) is 0. The van der Waals surface area contributed by atoms with E-state index in [1.807, 2.05) is 30.3 Å².